The van der Waals surface area contributed by atoms with E-state index in [9.17, 15) is 19.5 Å². The van der Waals surface area contributed by atoms with Gasteiger partial charge in [-0.05, 0) is 24.5 Å². The average molecular weight is 333 g/mol. The zero-order chi connectivity index (χ0) is 17.7. The Bertz CT molecular complexity index is 603. The summed E-state index contributed by atoms with van der Waals surface area (Å²) in [5, 5.41) is 11.8. The minimum absolute atomic E-state index is 0.104. The standard InChI is InChI=1S/C17H23N3O4/c1-11(2)7-14(17(23)24)19-16(22)12-8-15(21)20(9-12)10-13-5-3-4-6-18-13/h3-6,11-12,14H,7-10H2,1-2H3,(H,19,22)(H,23,24)/t12?,14-/m0/s1. The average Bonchev–Trinajstić information content (AvgIpc) is 2.88. The third-order valence-electron chi connectivity index (χ3n) is 3.99. The molecule has 1 fully saturated rings. The van der Waals surface area contributed by atoms with Crippen LogP contribution in [0.2, 0.25) is 0 Å². The third-order valence-corrected chi connectivity index (χ3v) is 3.99. The molecule has 0 saturated carbocycles. The lowest BCUT2D eigenvalue weighted by Crippen LogP contribution is -2.44. The molecule has 1 aliphatic heterocycles. The molecule has 2 N–H and O–H groups in total. The van der Waals surface area contributed by atoms with Crippen molar-refractivity contribution in [2.45, 2.75) is 39.3 Å². The van der Waals surface area contributed by atoms with Crippen LogP contribution >= 0.6 is 0 Å². The first-order chi connectivity index (χ1) is 11.4. The molecule has 1 unspecified atom stereocenters. The normalized spacial score (nSPS) is 18.7. The highest BCUT2D eigenvalue weighted by molar-refractivity contribution is 5.91. The molecule has 0 spiro atoms. The van der Waals surface area contributed by atoms with Gasteiger partial charge in [0.05, 0.1) is 18.2 Å². The minimum atomic E-state index is -1.05. The summed E-state index contributed by atoms with van der Waals surface area (Å²) in [6.45, 7) is 4.44. The van der Waals surface area contributed by atoms with E-state index in [1.54, 1.807) is 17.2 Å². The third kappa shape index (κ3) is 4.78. The van der Waals surface area contributed by atoms with Crippen LogP contribution in [-0.2, 0) is 20.9 Å². The fraction of sp³-hybridized carbons (Fsp3) is 0.529. The van der Waals surface area contributed by atoms with Crippen molar-refractivity contribution in [2.75, 3.05) is 6.54 Å². The molecule has 2 atom stereocenters. The van der Waals surface area contributed by atoms with E-state index >= 15 is 0 Å². The van der Waals surface area contributed by atoms with Crippen molar-refractivity contribution in [3.63, 3.8) is 0 Å². The van der Waals surface area contributed by atoms with Gasteiger partial charge in [0.25, 0.3) is 0 Å². The number of amides is 2. The number of aliphatic carboxylic acids is 1. The molecule has 2 rings (SSSR count). The summed E-state index contributed by atoms with van der Waals surface area (Å²) in [7, 11) is 0. The molecule has 0 aliphatic carbocycles. The first-order valence-electron chi connectivity index (χ1n) is 8.07. The summed E-state index contributed by atoms with van der Waals surface area (Å²) in [4.78, 5) is 41.4. The Morgan fingerprint density at radius 1 is 1.42 bits per heavy atom. The molecule has 2 amide bonds. The Hall–Kier alpha value is -2.44. The molecule has 130 valence electrons. The first-order valence-corrected chi connectivity index (χ1v) is 8.07. The quantitative estimate of drug-likeness (QED) is 0.777. The number of likely N-dealkylation sites (tertiary alicyclic amines) is 1. The highest BCUT2D eigenvalue weighted by Crippen LogP contribution is 2.20. The molecule has 1 aliphatic rings. The smallest absolute Gasteiger partial charge is 0.326 e. The number of carboxylic acid groups (broad SMARTS) is 1. The number of nitrogens with zero attached hydrogens (tertiary/aromatic N) is 2. The summed E-state index contributed by atoms with van der Waals surface area (Å²) in [6, 6.07) is 4.55. The van der Waals surface area contributed by atoms with Crippen molar-refractivity contribution in [2.24, 2.45) is 11.8 Å². The van der Waals surface area contributed by atoms with Gasteiger partial charge in [-0.2, -0.15) is 0 Å². The zero-order valence-electron chi connectivity index (χ0n) is 13.9. The number of aromatic nitrogens is 1. The van der Waals surface area contributed by atoms with E-state index in [0.29, 0.717) is 13.0 Å². The molecule has 0 aromatic carbocycles. The van der Waals surface area contributed by atoms with E-state index in [-0.39, 0.29) is 30.7 Å². The number of rotatable bonds is 7. The maximum Gasteiger partial charge on any atom is 0.326 e. The van der Waals surface area contributed by atoms with Gasteiger partial charge < -0.3 is 15.3 Å². The van der Waals surface area contributed by atoms with Crippen molar-refractivity contribution in [1.29, 1.82) is 0 Å². The summed E-state index contributed by atoms with van der Waals surface area (Å²) < 4.78 is 0. The number of pyridine rings is 1. The van der Waals surface area contributed by atoms with Crippen LogP contribution in [0.15, 0.2) is 24.4 Å². The second-order valence-corrected chi connectivity index (χ2v) is 6.53. The van der Waals surface area contributed by atoms with Crippen molar-refractivity contribution in [3.8, 4) is 0 Å². The van der Waals surface area contributed by atoms with E-state index < -0.39 is 17.9 Å². The summed E-state index contributed by atoms with van der Waals surface area (Å²) >= 11 is 0. The summed E-state index contributed by atoms with van der Waals surface area (Å²) in [6.07, 6.45) is 2.12. The maximum atomic E-state index is 12.3. The number of hydrogen-bond acceptors (Lipinski definition) is 4. The van der Waals surface area contributed by atoms with Gasteiger partial charge in [-0.25, -0.2) is 4.79 Å². The van der Waals surface area contributed by atoms with Crippen molar-refractivity contribution < 1.29 is 19.5 Å². The molecule has 1 saturated heterocycles. The number of carbonyl (C=O) groups excluding carboxylic acids is 2. The van der Waals surface area contributed by atoms with Gasteiger partial charge in [0.15, 0.2) is 0 Å². The molecule has 1 aromatic heterocycles. The number of carboxylic acids is 1. The lowest BCUT2D eigenvalue weighted by Gasteiger charge is -2.19. The molecule has 0 radical (unpaired) electrons. The molecule has 1 aromatic rings. The van der Waals surface area contributed by atoms with Crippen LogP contribution in [-0.4, -0.2) is 45.4 Å². The topological polar surface area (TPSA) is 99.6 Å². The number of nitrogens with one attached hydrogen (secondary N) is 1. The zero-order valence-corrected chi connectivity index (χ0v) is 13.9. The van der Waals surface area contributed by atoms with Crippen LogP contribution in [0.25, 0.3) is 0 Å². The van der Waals surface area contributed by atoms with Gasteiger partial charge in [0.1, 0.15) is 6.04 Å². The van der Waals surface area contributed by atoms with Crippen molar-refractivity contribution in [1.82, 2.24) is 15.2 Å². The van der Waals surface area contributed by atoms with Crippen LogP contribution in [0.4, 0.5) is 0 Å². The Morgan fingerprint density at radius 3 is 2.75 bits per heavy atom. The second-order valence-electron chi connectivity index (χ2n) is 6.53. The van der Waals surface area contributed by atoms with Crippen LogP contribution in [0.3, 0.4) is 0 Å². The lowest BCUT2D eigenvalue weighted by atomic mass is 10.0. The molecule has 2 heterocycles. The minimum Gasteiger partial charge on any atom is -0.480 e. The Morgan fingerprint density at radius 2 is 2.17 bits per heavy atom. The van der Waals surface area contributed by atoms with E-state index in [1.807, 2.05) is 26.0 Å². The Kier molecular flexibility index (Phi) is 5.89. The van der Waals surface area contributed by atoms with Gasteiger partial charge in [-0.1, -0.05) is 19.9 Å². The highest BCUT2D eigenvalue weighted by Gasteiger charge is 2.36. The van der Waals surface area contributed by atoms with Gasteiger partial charge in [0.2, 0.25) is 11.8 Å². The lowest BCUT2D eigenvalue weighted by molar-refractivity contribution is -0.142. The maximum absolute atomic E-state index is 12.3. The van der Waals surface area contributed by atoms with Crippen LogP contribution in [0, 0.1) is 11.8 Å². The monoisotopic (exact) mass is 333 g/mol. The SMILES string of the molecule is CC(C)C[C@H](NC(=O)C1CC(=O)N(Cc2ccccn2)C1)C(=O)O. The van der Waals surface area contributed by atoms with Crippen LogP contribution in [0.5, 0.6) is 0 Å². The largest absolute Gasteiger partial charge is 0.480 e. The predicted molar refractivity (Wildman–Crippen MR) is 86.8 cm³/mol. The van der Waals surface area contributed by atoms with Gasteiger partial charge in [-0.15, -0.1) is 0 Å². The van der Waals surface area contributed by atoms with Gasteiger partial charge >= 0.3 is 5.97 Å². The molecular formula is C17H23N3O4. The van der Waals surface area contributed by atoms with Crippen LogP contribution < -0.4 is 5.32 Å². The predicted octanol–water partition coefficient (Wildman–Crippen LogP) is 1.05. The summed E-state index contributed by atoms with van der Waals surface area (Å²) in [5.74, 6) is -1.91. The van der Waals surface area contributed by atoms with Crippen LogP contribution in [0.1, 0.15) is 32.4 Å². The van der Waals surface area contributed by atoms with E-state index in [2.05, 4.69) is 10.3 Å². The second kappa shape index (κ2) is 7.90. The van der Waals surface area contributed by atoms with E-state index in [1.165, 1.54) is 0 Å². The van der Waals surface area contributed by atoms with Crippen molar-refractivity contribution >= 4 is 17.8 Å². The molecular weight excluding hydrogens is 310 g/mol. The Balaban J connectivity index is 1.94. The Labute approximate surface area is 141 Å². The van der Waals surface area contributed by atoms with Gasteiger partial charge in [-0.3, -0.25) is 14.6 Å². The molecule has 24 heavy (non-hydrogen) atoms. The fourth-order valence-corrected chi connectivity index (χ4v) is 2.77. The number of hydrogen-bond donors (Lipinski definition) is 2. The van der Waals surface area contributed by atoms with E-state index in [4.69, 9.17) is 0 Å². The molecule has 0 bridgehead atoms. The van der Waals surface area contributed by atoms with Crippen molar-refractivity contribution in [3.05, 3.63) is 30.1 Å². The van der Waals surface area contributed by atoms with E-state index in [0.717, 1.165) is 5.69 Å². The first kappa shape index (κ1) is 17.9. The summed E-state index contributed by atoms with van der Waals surface area (Å²) in [5.41, 5.74) is 0.759. The van der Waals surface area contributed by atoms with Gasteiger partial charge in [0, 0.05) is 19.2 Å². The fourth-order valence-electron chi connectivity index (χ4n) is 2.77. The molecule has 7 nitrogen and oxygen atoms in total. The molecule has 7 heteroatoms. The number of carbonyl (C=O) groups is 3. The highest BCUT2D eigenvalue weighted by atomic mass is 16.4.